The molecule has 3 rings (SSSR count). The minimum Gasteiger partial charge on any atom is -0.373 e. The van der Waals surface area contributed by atoms with Crippen LogP contribution in [-0.2, 0) is 11.3 Å². The zero-order chi connectivity index (χ0) is 18.8. The predicted octanol–water partition coefficient (Wildman–Crippen LogP) is 1.60. The Labute approximate surface area is 152 Å². The van der Waals surface area contributed by atoms with Gasteiger partial charge in [-0.3, -0.25) is 14.3 Å². The van der Waals surface area contributed by atoms with E-state index < -0.39 is 0 Å². The van der Waals surface area contributed by atoms with Gasteiger partial charge < -0.3 is 10.6 Å². The molecule has 1 fully saturated rings. The van der Waals surface area contributed by atoms with Crippen molar-refractivity contribution in [2.45, 2.75) is 52.1 Å². The first-order valence-corrected chi connectivity index (χ1v) is 8.73. The lowest BCUT2D eigenvalue weighted by Gasteiger charge is -2.35. The molecule has 0 aromatic carbocycles. The van der Waals surface area contributed by atoms with Gasteiger partial charge in [-0.05, 0) is 33.6 Å². The normalized spacial score (nSPS) is 18.9. The molecule has 1 aliphatic rings. The number of hydrogen-bond donors (Lipinski definition) is 2. The minimum absolute atomic E-state index is 0.0284. The molecule has 1 saturated carbocycles. The number of nitrogens with zero attached hydrogens (tertiary/aromatic N) is 4. The monoisotopic (exact) mass is 356 g/mol. The summed E-state index contributed by atoms with van der Waals surface area (Å²) in [5, 5.41) is 10.4. The van der Waals surface area contributed by atoms with E-state index in [9.17, 15) is 9.59 Å². The maximum atomic E-state index is 12.3. The van der Waals surface area contributed by atoms with Gasteiger partial charge >= 0.3 is 0 Å². The van der Waals surface area contributed by atoms with Crippen LogP contribution < -0.4 is 10.6 Å². The molecule has 0 unspecified atom stereocenters. The maximum absolute atomic E-state index is 12.3. The Morgan fingerprint density at radius 1 is 1.27 bits per heavy atom. The van der Waals surface area contributed by atoms with Crippen LogP contribution in [0, 0.1) is 13.8 Å². The molecule has 2 aromatic heterocycles. The van der Waals surface area contributed by atoms with Crippen molar-refractivity contribution in [1.82, 2.24) is 25.1 Å². The molecule has 0 atom stereocenters. The van der Waals surface area contributed by atoms with Crippen LogP contribution in [0.25, 0.3) is 0 Å². The smallest absolute Gasteiger partial charge is 0.241 e. The van der Waals surface area contributed by atoms with Crippen molar-refractivity contribution in [1.29, 1.82) is 0 Å². The zero-order valence-electron chi connectivity index (χ0n) is 15.5. The molecule has 1 amide bonds. The van der Waals surface area contributed by atoms with Gasteiger partial charge in [0.25, 0.3) is 0 Å². The van der Waals surface area contributed by atoms with Crippen molar-refractivity contribution < 1.29 is 9.59 Å². The van der Waals surface area contributed by atoms with E-state index in [0.717, 1.165) is 30.0 Å². The van der Waals surface area contributed by atoms with Crippen molar-refractivity contribution >= 4 is 17.5 Å². The highest BCUT2D eigenvalue weighted by Crippen LogP contribution is 2.36. The van der Waals surface area contributed by atoms with Crippen LogP contribution in [0.2, 0.25) is 0 Å². The first-order chi connectivity index (χ1) is 12.4. The number of Topliss-reactive ketones (excluding diaryl/α,β-unsaturated/α-hetero) is 1. The van der Waals surface area contributed by atoms with E-state index in [1.54, 1.807) is 17.9 Å². The van der Waals surface area contributed by atoms with Crippen molar-refractivity contribution in [3.63, 3.8) is 0 Å². The third kappa shape index (κ3) is 3.58. The summed E-state index contributed by atoms with van der Waals surface area (Å²) in [4.78, 5) is 32.4. The number of anilines is 1. The number of ketones is 1. The summed E-state index contributed by atoms with van der Waals surface area (Å²) < 4.78 is 1.60. The number of hydrogen-bond acceptors (Lipinski definition) is 6. The number of rotatable bonds is 6. The van der Waals surface area contributed by atoms with E-state index in [-0.39, 0.29) is 24.3 Å². The summed E-state index contributed by atoms with van der Waals surface area (Å²) in [7, 11) is 1.83. The Balaban J connectivity index is 1.54. The molecule has 0 spiro atoms. The molecule has 8 nitrogen and oxygen atoms in total. The molecule has 26 heavy (non-hydrogen) atoms. The minimum atomic E-state index is -0.0900. The summed E-state index contributed by atoms with van der Waals surface area (Å²) >= 11 is 0. The van der Waals surface area contributed by atoms with Crippen molar-refractivity contribution in [2.75, 3.05) is 12.4 Å². The van der Waals surface area contributed by atoms with E-state index in [4.69, 9.17) is 0 Å². The van der Waals surface area contributed by atoms with Crippen molar-refractivity contribution in [3.8, 4) is 0 Å². The Hall–Kier alpha value is -2.77. The fraction of sp³-hybridized carbons (Fsp3) is 0.500. The van der Waals surface area contributed by atoms with E-state index in [0.29, 0.717) is 17.2 Å². The van der Waals surface area contributed by atoms with E-state index in [1.165, 1.54) is 6.92 Å². The predicted molar refractivity (Wildman–Crippen MR) is 97.2 cm³/mol. The number of nitrogens with one attached hydrogen (secondary N) is 2. The fourth-order valence-corrected chi connectivity index (χ4v) is 3.48. The highest BCUT2D eigenvalue weighted by Gasteiger charge is 2.32. The first-order valence-electron chi connectivity index (χ1n) is 8.73. The Kier molecular flexibility index (Phi) is 5.01. The van der Waals surface area contributed by atoms with E-state index in [1.807, 2.05) is 20.0 Å². The van der Waals surface area contributed by atoms with Crippen LogP contribution >= 0.6 is 0 Å². The third-order valence-corrected chi connectivity index (χ3v) is 4.89. The Morgan fingerprint density at radius 2 is 2.00 bits per heavy atom. The van der Waals surface area contributed by atoms with Gasteiger partial charge in [-0.1, -0.05) is 0 Å². The molecule has 0 bridgehead atoms. The van der Waals surface area contributed by atoms with Crippen LogP contribution in [-0.4, -0.2) is 44.5 Å². The summed E-state index contributed by atoms with van der Waals surface area (Å²) in [6, 6.07) is 2.09. The first kappa shape index (κ1) is 18.0. The second kappa shape index (κ2) is 7.23. The number of carbonyl (C=O) groups is 2. The molecule has 0 saturated heterocycles. The molecule has 8 heteroatoms. The van der Waals surface area contributed by atoms with Gasteiger partial charge in [0.05, 0.1) is 11.3 Å². The van der Waals surface area contributed by atoms with Crippen molar-refractivity contribution in [2.24, 2.45) is 0 Å². The number of carbonyl (C=O) groups excluding carboxylic acids is 2. The van der Waals surface area contributed by atoms with Crippen LogP contribution in [0.1, 0.15) is 53.1 Å². The molecule has 138 valence electrons. The summed E-state index contributed by atoms with van der Waals surface area (Å²) in [6.07, 6.45) is 3.28. The Bertz CT molecular complexity index is 838. The topological polar surface area (TPSA) is 102 Å². The Morgan fingerprint density at radius 3 is 2.62 bits per heavy atom. The summed E-state index contributed by atoms with van der Waals surface area (Å²) in [6.45, 7) is 5.24. The van der Waals surface area contributed by atoms with Gasteiger partial charge in [0.1, 0.15) is 18.7 Å². The van der Waals surface area contributed by atoms with Gasteiger partial charge in [0.15, 0.2) is 5.78 Å². The molecule has 2 aromatic rings. The molecular formula is C18H24N6O2. The van der Waals surface area contributed by atoms with E-state index in [2.05, 4.69) is 25.7 Å². The van der Waals surface area contributed by atoms with E-state index >= 15 is 0 Å². The largest absolute Gasteiger partial charge is 0.373 e. The molecule has 0 radical (unpaired) electrons. The van der Waals surface area contributed by atoms with Gasteiger partial charge in [-0.2, -0.15) is 5.10 Å². The molecule has 0 aliphatic heterocycles. The maximum Gasteiger partial charge on any atom is 0.241 e. The SMILES string of the molecule is CNc1cc(C2CC(NC(=O)Cn3nc(C)c(C(C)=O)c3C)C2)ncn1. The van der Waals surface area contributed by atoms with Gasteiger partial charge in [0.2, 0.25) is 5.91 Å². The lowest BCUT2D eigenvalue weighted by atomic mass is 9.78. The lowest BCUT2D eigenvalue weighted by molar-refractivity contribution is -0.123. The number of amides is 1. The number of aryl methyl sites for hydroxylation is 1. The second-order valence-corrected chi connectivity index (χ2v) is 6.77. The van der Waals surface area contributed by atoms with Crippen LogP contribution in [0.3, 0.4) is 0 Å². The van der Waals surface area contributed by atoms with Gasteiger partial charge in [0, 0.05) is 36.5 Å². The average molecular weight is 356 g/mol. The van der Waals surface area contributed by atoms with Crippen LogP contribution in [0.4, 0.5) is 5.82 Å². The average Bonchev–Trinajstić information content (AvgIpc) is 2.84. The molecule has 2 N–H and O–H groups in total. The quantitative estimate of drug-likeness (QED) is 0.762. The fourth-order valence-electron chi connectivity index (χ4n) is 3.48. The lowest BCUT2D eigenvalue weighted by Crippen LogP contribution is -2.44. The molecule has 1 aliphatic carbocycles. The van der Waals surface area contributed by atoms with Crippen LogP contribution in [0.15, 0.2) is 12.4 Å². The second-order valence-electron chi connectivity index (χ2n) is 6.77. The highest BCUT2D eigenvalue weighted by molar-refractivity contribution is 5.96. The highest BCUT2D eigenvalue weighted by atomic mass is 16.2. The standard InChI is InChI=1S/C18H24N6O2/c1-10-18(12(3)25)11(2)24(23-10)8-17(26)22-14-5-13(6-14)15-7-16(19-4)21-9-20-15/h7,9,13-14H,5-6,8H2,1-4H3,(H,22,26)(H,19,20,21). The summed E-state index contributed by atoms with van der Waals surface area (Å²) in [5.74, 6) is 1.02. The zero-order valence-corrected chi connectivity index (χ0v) is 15.5. The van der Waals surface area contributed by atoms with Crippen molar-refractivity contribution in [3.05, 3.63) is 35.0 Å². The van der Waals surface area contributed by atoms with Gasteiger partial charge in [-0.15, -0.1) is 0 Å². The molecule has 2 heterocycles. The molecular weight excluding hydrogens is 332 g/mol. The van der Waals surface area contributed by atoms with Gasteiger partial charge in [-0.25, -0.2) is 9.97 Å². The third-order valence-electron chi connectivity index (χ3n) is 4.89. The summed E-state index contributed by atoms with van der Waals surface area (Å²) in [5.41, 5.74) is 3.00. The number of aromatic nitrogens is 4. The van der Waals surface area contributed by atoms with Crippen LogP contribution in [0.5, 0.6) is 0 Å².